The van der Waals surface area contributed by atoms with Crippen molar-refractivity contribution in [2.24, 2.45) is 0 Å². The highest BCUT2D eigenvalue weighted by atomic mass is 32.2. The Morgan fingerprint density at radius 2 is 1.95 bits per heavy atom. The standard InChI is InChI=1S/C17H14N4S/c1-22-20-14-6-13-9-21(11-19)10-17(13)16(7-14)15-5-3-2-4-12(15)8-18/h2-7,20H,9-10H2,1H3. The maximum Gasteiger partial charge on any atom is 0.179 e. The van der Waals surface area contributed by atoms with Crippen LogP contribution in [0, 0.1) is 22.8 Å². The molecular formula is C17H14N4S. The van der Waals surface area contributed by atoms with E-state index in [1.165, 1.54) is 11.9 Å². The first kappa shape index (κ1) is 14.3. The van der Waals surface area contributed by atoms with Gasteiger partial charge >= 0.3 is 0 Å². The lowest BCUT2D eigenvalue weighted by Crippen LogP contribution is -2.07. The molecule has 0 aliphatic carbocycles. The van der Waals surface area contributed by atoms with Crippen LogP contribution in [0.2, 0.25) is 0 Å². The summed E-state index contributed by atoms with van der Waals surface area (Å²) < 4.78 is 3.25. The largest absolute Gasteiger partial charge is 0.330 e. The summed E-state index contributed by atoms with van der Waals surface area (Å²) in [5.74, 6) is 0. The van der Waals surface area contributed by atoms with E-state index in [2.05, 4.69) is 29.1 Å². The molecule has 0 saturated carbocycles. The second-order valence-corrected chi connectivity index (χ2v) is 5.69. The molecule has 0 unspecified atom stereocenters. The Kier molecular flexibility index (Phi) is 3.91. The summed E-state index contributed by atoms with van der Waals surface area (Å²) in [6.45, 7) is 1.22. The van der Waals surface area contributed by atoms with E-state index in [1.807, 2.05) is 30.5 Å². The van der Waals surface area contributed by atoms with E-state index in [0.717, 1.165) is 27.9 Å². The zero-order valence-electron chi connectivity index (χ0n) is 12.1. The van der Waals surface area contributed by atoms with Crippen LogP contribution in [-0.2, 0) is 13.1 Å². The van der Waals surface area contributed by atoms with Crippen LogP contribution in [0.15, 0.2) is 36.4 Å². The predicted octanol–water partition coefficient (Wildman–Crippen LogP) is 3.71. The molecule has 0 amide bonds. The lowest BCUT2D eigenvalue weighted by atomic mass is 9.93. The van der Waals surface area contributed by atoms with Crippen molar-refractivity contribution in [2.45, 2.75) is 13.1 Å². The molecule has 1 aliphatic heterocycles. The summed E-state index contributed by atoms with van der Waals surface area (Å²) in [6.07, 6.45) is 4.18. The molecule has 1 heterocycles. The molecule has 2 aromatic carbocycles. The molecule has 4 nitrogen and oxygen atoms in total. The van der Waals surface area contributed by atoms with Crippen molar-refractivity contribution in [3.8, 4) is 23.4 Å². The molecule has 0 aromatic heterocycles. The van der Waals surface area contributed by atoms with E-state index in [9.17, 15) is 10.5 Å². The van der Waals surface area contributed by atoms with Crippen molar-refractivity contribution >= 4 is 17.6 Å². The Morgan fingerprint density at radius 3 is 2.68 bits per heavy atom. The summed E-state index contributed by atoms with van der Waals surface area (Å²) in [6, 6.07) is 14.0. The highest BCUT2D eigenvalue weighted by Gasteiger charge is 2.23. The van der Waals surface area contributed by atoms with Gasteiger partial charge in [-0.25, -0.2) is 0 Å². The first-order valence-corrected chi connectivity index (χ1v) is 8.08. The van der Waals surface area contributed by atoms with Gasteiger partial charge in [-0.1, -0.05) is 30.1 Å². The van der Waals surface area contributed by atoms with Crippen LogP contribution >= 0.6 is 11.9 Å². The van der Waals surface area contributed by atoms with Gasteiger partial charge in [-0.2, -0.15) is 10.5 Å². The average molecular weight is 306 g/mol. The van der Waals surface area contributed by atoms with Gasteiger partial charge < -0.3 is 9.62 Å². The van der Waals surface area contributed by atoms with Gasteiger partial charge in [-0.05, 0) is 40.5 Å². The molecule has 0 spiro atoms. The van der Waals surface area contributed by atoms with Gasteiger partial charge in [-0.3, -0.25) is 0 Å². The number of nitrogens with zero attached hydrogens (tertiary/aromatic N) is 3. The molecule has 0 bridgehead atoms. The zero-order valence-corrected chi connectivity index (χ0v) is 12.9. The van der Waals surface area contributed by atoms with Gasteiger partial charge in [0.1, 0.15) is 0 Å². The van der Waals surface area contributed by atoms with Crippen LogP contribution in [0.5, 0.6) is 0 Å². The number of benzene rings is 2. The number of rotatable bonds is 3. The number of nitriles is 2. The van der Waals surface area contributed by atoms with Gasteiger partial charge in [0, 0.05) is 11.9 Å². The van der Waals surface area contributed by atoms with Gasteiger partial charge in [0.2, 0.25) is 0 Å². The van der Waals surface area contributed by atoms with Crippen molar-refractivity contribution in [2.75, 3.05) is 11.0 Å². The van der Waals surface area contributed by atoms with E-state index < -0.39 is 0 Å². The molecule has 0 atom stereocenters. The number of fused-ring (bicyclic) bond motifs is 1. The molecule has 108 valence electrons. The highest BCUT2D eigenvalue weighted by Crippen LogP contribution is 2.37. The maximum atomic E-state index is 9.37. The van der Waals surface area contributed by atoms with Crippen LogP contribution in [0.4, 0.5) is 5.69 Å². The molecule has 0 saturated heterocycles. The smallest absolute Gasteiger partial charge is 0.179 e. The average Bonchev–Trinajstić information content (AvgIpc) is 2.97. The molecule has 0 radical (unpaired) electrons. The molecule has 22 heavy (non-hydrogen) atoms. The molecule has 3 rings (SSSR count). The minimum Gasteiger partial charge on any atom is -0.330 e. The first-order chi connectivity index (χ1) is 10.8. The van der Waals surface area contributed by atoms with E-state index in [0.29, 0.717) is 18.7 Å². The molecule has 1 aliphatic rings. The molecule has 0 fully saturated rings. The normalized spacial score (nSPS) is 12.4. The second-order valence-electron chi connectivity index (χ2n) is 5.08. The number of anilines is 1. The number of nitrogens with one attached hydrogen (secondary N) is 1. The van der Waals surface area contributed by atoms with Crippen LogP contribution in [0.1, 0.15) is 16.7 Å². The molecule has 5 heteroatoms. The van der Waals surface area contributed by atoms with E-state index in [1.54, 1.807) is 4.90 Å². The Labute approximate surface area is 134 Å². The third kappa shape index (κ3) is 2.47. The van der Waals surface area contributed by atoms with Gasteiger partial charge in [0.05, 0.1) is 24.7 Å². The third-order valence-electron chi connectivity index (χ3n) is 3.75. The van der Waals surface area contributed by atoms with Crippen molar-refractivity contribution in [1.82, 2.24) is 4.90 Å². The number of hydrogen-bond donors (Lipinski definition) is 1. The van der Waals surface area contributed by atoms with Crippen LogP contribution in [0.3, 0.4) is 0 Å². The van der Waals surface area contributed by atoms with Crippen molar-refractivity contribution in [1.29, 1.82) is 10.5 Å². The highest BCUT2D eigenvalue weighted by molar-refractivity contribution is 7.99. The maximum absolute atomic E-state index is 9.37. The van der Waals surface area contributed by atoms with Crippen LogP contribution in [0.25, 0.3) is 11.1 Å². The monoisotopic (exact) mass is 306 g/mol. The SMILES string of the molecule is CSNc1cc2c(c(-c3ccccc3C#N)c1)CN(C#N)C2. The van der Waals surface area contributed by atoms with Crippen molar-refractivity contribution in [3.63, 3.8) is 0 Å². The third-order valence-corrected chi connectivity index (χ3v) is 4.19. The minimum absolute atomic E-state index is 0.598. The zero-order chi connectivity index (χ0) is 15.5. The van der Waals surface area contributed by atoms with Gasteiger partial charge in [0.25, 0.3) is 0 Å². The summed E-state index contributed by atoms with van der Waals surface area (Å²) >= 11 is 1.53. The summed E-state index contributed by atoms with van der Waals surface area (Å²) in [5.41, 5.74) is 5.88. The Bertz CT molecular complexity index is 801. The molecule has 1 N–H and O–H groups in total. The summed E-state index contributed by atoms with van der Waals surface area (Å²) in [4.78, 5) is 1.73. The Morgan fingerprint density at radius 1 is 1.14 bits per heavy atom. The fourth-order valence-corrected chi connectivity index (χ4v) is 3.17. The van der Waals surface area contributed by atoms with E-state index in [-0.39, 0.29) is 0 Å². The first-order valence-electron chi connectivity index (χ1n) is 6.85. The van der Waals surface area contributed by atoms with Gasteiger partial charge in [0.15, 0.2) is 6.19 Å². The summed E-state index contributed by atoms with van der Waals surface area (Å²) in [7, 11) is 0. The topological polar surface area (TPSA) is 62.9 Å². The van der Waals surface area contributed by atoms with Crippen LogP contribution in [-0.4, -0.2) is 11.2 Å². The van der Waals surface area contributed by atoms with Gasteiger partial charge in [-0.15, -0.1) is 0 Å². The van der Waals surface area contributed by atoms with E-state index in [4.69, 9.17) is 0 Å². The Balaban J connectivity index is 2.19. The lowest BCUT2D eigenvalue weighted by Gasteiger charge is -2.13. The predicted molar refractivity (Wildman–Crippen MR) is 88.6 cm³/mol. The van der Waals surface area contributed by atoms with Crippen molar-refractivity contribution < 1.29 is 0 Å². The second kappa shape index (κ2) is 6.01. The van der Waals surface area contributed by atoms with E-state index >= 15 is 0 Å². The Hall–Kier alpha value is -2.63. The quantitative estimate of drug-likeness (QED) is 0.692. The lowest BCUT2D eigenvalue weighted by molar-refractivity contribution is 0.417. The molecule has 2 aromatic rings. The fraction of sp³-hybridized carbons (Fsp3) is 0.176. The number of hydrogen-bond acceptors (Lipinski definition) is 5. The van der Waals surface area contributed by atoms with Crippen molar-refractivity contribution in [3.05, 3.63) is 53.1 Å². The summed E-state index contributed by atoms with van der Waals surface area (Å²) in [5, 5.41) is 18.5. The minimum atomic E-state index is 0.598. The fourth-order valence-electron chi connectivity index (χ4n) is 2.82. The molecular weight excluding hydrogens is 292 g/mol. The van der Waals surface area contributed by atoms with Crippen LogP contribution < -0.4 is 4.72 Å².